The first-order valence-electron chi connectivity index (χ1n) is 11.6. The van der Waals surface area contributed by atoms with E-state index >= 15 is 0 Å². The second-order valence-electron chi connectivity index (χ2n) is 8.00. The molecule has 4 rings (SSSR count). The van der Waals surface area contributed by atoms with Crippen LogP contribution in [0.25, 0.3) is 11.3 Å². The van der Waals surface area contributed by atoms with Crippen molar-refractivity contribution < 1.29 is 14.3 Å². The van der Waals surface area contributed by atoms with Gasteiger partial charge in [-0.05, 0) is 56.2 Å². The molecule has 3 aromatic rings. The Morgan fingerprint density at radius 2 is 1.67 bits per heavy atom. The molecule has 1 amide bonds. The van der Waals surface area contributed by atoms with E-state index < -0.39 is 0 Å². The van der Waals surface area contributed by atoms with Crippen molar-refractivity contribution >= 4 is 17.4 Å². The predicted molar refractivity (Wildman–Crippen MR) is 130 cm³/mol. The number of rotatable bonds is 8. The van der Waals surface area contributed by atoms with Crippen LogP contribution in [0.5, 0.6) is 11.5 Å². The predicted octanol–water partition coefficient (Wildman–Crippen LogP) is 4.94. The minimum Gasteiger partial charge on any atom is -0.494 e. The summed E-state index contributed by atoms with van der Waals surface area (Å²) < 4.78 is 11.1. The van der Waals surface area contributed by atoms with Crippen LogP contribution in [0.2, 0.25) is 0 Å². The Bertz CT molecular complexity index is 1050. The van der Waals surface area contributed by atoms with E-state index in [-0.39, 0.29) is 12.5 Å². The third-order valence-electron chi connectivity index (χ3n) is 5.51. The van der Waals surface area contributed by atoms with E-state index in [0.717, 1.165) is 30.2 Å². The molecule has 33 heavy (non-hydrogen) atoms. The molecular formula is C26H30N4O3. The molecule has 7 nitrogen and oxygen atoms in total. The molecule has 1 N–H and O–H groups in total. The van der Waals surface area contributed by atoms with Gasteiger partial charge in [0, 0.05) is 30.4 Å². The van der Waals surface area contributed by atoms with E-state index in [2.05, 4.69) is 20.4 Å². The van der Waals surface area contributed by atoms with Crippen molar-refractivity contribution in [2.75, 3.05) is 36.5 Å². The van der Waals surface area contributed by atoms with E-state index in [0.29, 0.717) is 23.8 Å². The van der Waals surface area contributed by atoms with Crippen molar-refractivity contribution in [1.82, 2.24) is 10.2 Å². The van der Waals surface area contributed by atoms with Crippen LogP contribution in [-0.4, -0.2) is 42.4 Å². The Morgan fingerprint density at radius 3 is 2.39 bits per heavy atom. The Balaban J connectivity index is 1.35. The molecule has 2 aromatic carbocycles. The van der Waals surface area contributed by atoms with Gasteiger partial charge in [0.2, 0.25) is 0 Å². The lowest BCUT2D eigenvalue weighted by atomic mass is 10.1. The van der Waals surface area contributed by atoms with Gasteiger partial charge < -0.3 is 19.7 Å². The van der Waals surface area contributed by atoms with Gasteiger partial charge >= 0.3 is 0 Å². The summed E-state index contributed by atoms with van der Waals surface area (Å²) in [6.45, 7) is 4.47. The molecule has 2 heterocycles. The zero-order valence-electron chi connectivity index (χ0n) is 19.0. The summed E-state index contributed by atoms with van der Waals surface area (Å²) in [4.78, 5) is 14.7. The van der Waals surface area contributed by atoms with Crippen LogP contribution in [0.15, 0.2) is 60.7 Å². The summed E-state index contributed by atoms with van der Waals surface area (Å²) in [5.41, 5.74) is 2.35. The highest BCUT2D eigenvalue weighted by Gasteiger charge is 2.12. The number of nitrogens with one attached hydrogen (secondary N) is 1. The van der Waals surface area contributed by atoms with E-state index in [1.54, 1.807) is 12.1 Å². The topological polar surface area (TPSA) is 76.6 Å². The molecule has 1 aliphatic rings. The molecular weight excluding hydrogens is 416 g/mol. The van der Waals surface area contributed by atoms with Crippen molar-refractivity contribution in [2.24, 2.45) is 0 Å². The average Bonchev–Trinajstić information content (AvgIpc) is 3.13. The lowest BCUT2D eigenvalue weighted by molar-refractivity contribution is -0.118. The van der Waals surface area contributed by atoms with Crippen molar-refractivity contribution in [3.8, 4) is 22.8 Å². The normalized spacial score (nSPS) is 13.8. The van der Waals surface area contributed by atoms with Gasteiger partial charge in [-0.2, -0.15) is 0 Å². The van der Waals surface area contributed by atoms with E-state index in [1.165, 1.54) is 25.7 Å². The Hall–Kier alpha value is -3.61. The minimum atomic E-state index is -0.239. The number of anilines is 2. The fourth-order valence-electron chi connectivity index (χ4n) is 3.87. The van der Waals surface area contributed by atoms with Gasteiger partial charge in [0.05, 0.1) is 12.3 Å². The number of benzene rings is 2. The lowest BCUT2D eigenvalue weighted by Gasteiger charge is -2.20. The summed E-state index contributed by atoms with van der Waals surface area (Å²) in [6.07, 6.45) is 4.97. The SMILES string of the molecule is CCOc1cccc(OCC(=O)Nc2cccc(-c3ccc(N4CCCCCC4)nn3)c2)c1. The average molecular weight is 447 g/mol. The number of aromatic nitrogens is 2. The fourth-order valence-corrected chi connectivity index (χ4v) is 3.87. The molecule has 1 aromatic heterocycles. The molecule has 7 heteroatoms. The number of hydrogen-bond acceptors (Lipinski definition) is 6. The van der Waals surface area contributed by atoms with E-state index in [1.807, 2.05) is 55.5 Å². The van der Waals surface area contributed by atoms with Crippen molar-refractivity contribution in [3.63, 3.8) is 0 Å². The Morgan fingerprint density at radius 1 is 0.909 bits per heavy atom. The van der Waals surface area contributed by atoms with Crippen LogP contribution >= 0.6 is 0 Å². The molecule has 0 saturated carbocycles. The molecule has 1 saturated heterocycles. The van der Waals surface area contributed by atoms with Crippen LogP contribution in [0.1, 0.15) is 32.6 Å². The first-order chi connectivity index (χ1) is 16.2. The monoisotopic (exact) mass is 446 g/mol. The molecule has 0 unspecified atom stereocenters. The van der Waals surface area contributed by atoms with Gasteiger partial charge in [0.25, 0.3) is 5.91 Å². The van der Waals surface area contributed by atoms with Crippen LogP contribution in [0.3, 0.4) is 0 Å². The van der Waals surface area contributed by atoms with Crippen molar-refractivity contribution in [3.05, 3.63) is 60.7 Å². The van der Waals surface area contributed by atoms with Crippen LogP contribution in [0, 0.1) is 0 Å². The van der Waals surface area contributed by atoms with Gasteiger partial charge in [-0.25, -0.2) is 0 Å². The van der Waals surface area contributed by atoms with E-state index in [9.17, 15) is 4.79 Å². The number of carbonyl (C=O) groups excluding carboxylic acids is 1. The summed E-state index contributed by atoms with van der Waals surface area (Å²) in [5.74, 6) is 1.99. The molecule has 0 atom stereocenters. The minimum absolute atomic E-state index is 0.0931. The van der Waals surface area contributed by atoms with Crippen molar-refractivity contribution in [2.45, 2.75) is 32.6 Å². The van der Waals surface area contributed by atoms with E-state index in [4.69, 9.17) is 9.47 Å². The van der Waals surface area contributed by atoms with Gasteiger partial charge in [0.1, 0.15) is 11.5 Å². The summed E-state index contributed by atoms with van der Waals surface area (Å²) in [6, 6.07) is 18.9. The first kappa shape index (κ1) is 22.6. The quantitative estimate of drug-likeness (QED) is 0.528. The molecule has 0 spiro atoms. The maximum Gasteiger partial charge on any atom is 0.262 e. The van der Waals surface area contributed by atoms with Crippen LogP contribution in [0.4, 0.5) is 11.5 Å². The highest BCUT2D eigenvalue weighted by Crippen LogP contribution is 2.23. The summed E-state index contributed by atoms with van der Waals surface area (Å²) >= 11 is 0. The third-order valence-corrected chi connectivity index (χ3v) is 5.51. The Labute approximate surface area is 194 Å². The van der Waals surface area contributed by atoms with Gasteiger partial charge in [0.15, 0.2) is 12.4 Å². The van der Waals surface area contributed by atoms with Crippen LogP contribution in [-0.2, 0) is 4.79 Å². The maximum absolute atomic E-state index is 12.4. The zero-order chi connectivity index (χ0) is 22.9. The number of amides is 1. The highest BCUT2D eigenvalue weighted by atomic mass is 16.5. The molecule has 1 fully saturated rings. The molecule has 1 aliphatic heterocycles. The number of nitrogens with zero attached hydrogens (tertiary/aromatic N) is 3. The first-order valence-corrected chi connectivity index (χ1v) is 11.6. The standard InChI is InChI=1S/C26H30N4O3/c1-2-32-22-11-8-12-23(18-22)33-19-26(31)27-21-10-7-9-20(17-21)24-13-14-25(29-28-24)30-15-5-3-4-6-16-30/h7-14,17-18H,2-6,15-16,19H2,1H3,(H,27,31). The second-order valence-corrected chi connectivity index (χ2v) is 8.00. The third kappa shape index (κ3) is 6.44. The maximum atomic E-state index is 12.4. The van der Waals surface area contributed by atoms with Crippen LogP contribution < -0.4 is 19.7 Å². The molecule has 0 radical (unpaired) electrons. The van der Waals surface area contributed by atoms with Gasteiger partial charge in [-0.15, -0.1) is 10.2 Å². The summed E-state index contributed by atoms with van der Waals surface area (Å²) in [7, 11) is 0. The lowest BCUT2D eigenvalue weighted by Crippen LogP contribution is -2.25. The second kappa shape index (κ2) is 11.3. The smallest absolute Gasteiger partial charge is 0.262 e. The summed E-state index contributed by atoms with van der Waals surface area (Å²) in [5, 5.41) is 11.8. The largest absolute Gasteiger partial charge is 0.494 e. The van der Waals surface area contributed by atoms with Gasteiger partial charge in [-0.1, -0.05) is 31.0 Å². The Kier molecular flexibility index (Phi) is 7.74. The molecule has 0 aliphatic carbocycles. The van der Waals surface area contributed by atoms with Gasteiger partial charge in [-0.3, -0.25) is 4.79 Å². The molecule has 0 bridgehead atoms. The van der Waals surface area contributed by atoms with Crippen molar-refractivity contribution in [1.29, 1.82) is 0 Å². The highest BCUT2D eigenvalue weighted by molar-refractivity contribution is 5.92. The number of ether oxygens (including phenoxy) is 2. The fraction of sp³-hybridized carbons (Fsp3) is 0.346. The number of carbonyl (C=O) groups is 1. The molecule has 172 valence electrons. The number of hydrogen-bond donors (Lipinski definition) is 1. The zero-order valence-corrected chi connectivity index (χ0v) is 19.0.